The standard InChI is InChI=1S/C22H20N2O5/c1-29-18-7-4-13-10-16(3-2-14(13)12-18)21(26)17-5-8-19(22(27)28)15(11-17)6-9-20(25)24-23/h2-5,7-8,10-12H,6,9,23H2,1H3,(H,24,25)(H,27,28). The van der Waals surface area contributed by atoms with E-state index in [0.717, 1.165) is 16.5 Å². The van der Waals surface area contributed by atoms with Crippen molar-refractivity contribution >= 4 is 28.4 Å². The van der Waals surface area contributed by atoms with Crippen molar-refractivity contribution in [2.45, 2.75) is 12.8 Å². The van der Waals surface area contributed by atoms with Crippen LogP contribution in [0.3, 0.4) is 0 Å². The van der Waals surface area contributed by atoms with Crippen molar-refractivity contribution in [2.24, 2.45) is 5.84 Å². The Morgan fingerprint density at radius 2 is 1.62 bits per heavy atom. The summed E-state index contributed by atoms with van der Waals surface area (Å²) in [5.41, 5.74) is 3.30. The van der Waals surface area contributed by atoms with Gasteiger partial charge in [-0.25, -0.2) is 10.6 Å². The molecule has 148 valence electrons. The number of carbonyl (C=O) groups is 3. The fourth-order valence-corrected chi connectivity index (χ4v) is 3.13. The van der Waals surface area contributed by atoms with Crippen LogP contribution in [0.5, 0.6) is 5.75 Å². The van der Waals surface area contributed by atoms with Crippen LogP contribution in [0.4, 0.5) is 0 Å². The molecule has 7 nitrogen and oxygen atoms in total. The zero-order valence-corrected chi connectivity index (χ0v) is 15.8. The number of carboxylic acid groups (broad SMARTS) is 1. The minimum Gasteiger partial charge on any atom is -0.497 e. The first-order chi connectivity index (χ1) is 13.9. The average Bonchev–Trinajstić information content (AvgIpc) is 2.75. The number of aromatic carboxylic acids is 1. The number of carboxylic acids is 1. The second-order valence-electron chi connectivity index (χ2n) is 6.50. The fourth-order valence-electron chi connectivity index (χ4n) is 3.13. The van der Waals surface area contributed by atoms with Gasteiger partial charge in [0, 0.05) is 17.5 Å². The van der Waals surface area contributed by atoms with Gasteiger partial charge in [0.15, 0.2) is 5.78 Å². The molecule has 1 amide bonds. The van der Waals surface area contributed by atoms with Crippen LogP contribution >= 0.6 is 0 Å². The molecule has 0 aliphatic rings. The van der Waals surface area contributed by atoms with Gasteiger partial charge >= 0.3 is 5.97 Å². The molecule has 3 rings (SSSR count). The number of benzene rings is 3. The predicted molar refractivity (Wildman–Crippen MR) is 108 cm³/mol. The van der Waals surface area contributed by atoms with Crippen molar-refractivity contribution in [1.29, 1.82) is 0 Å². The smallest absolute Gasteiger partial charge is 0.335 e. The maximum atomic E-state index is 13.0. The number of fused-ring (bicyclic) bond motifs is 1. The number of hydrogen-bond donors (Lipinski definition) is 3. The number of aryl methyl sites for hydroxylation is 1. The maximum Gasteiger partial charge on any atom is 0.335 e. The van der Waals surface area contributed by atoms with E-state index in [1.807, 2.05) is 29.7 Å². The number of nitrogens with one attached hydrogen (secondary N) is 1. The number of hydrazine groups is 1. The third-order valence-corrected chi connectivity index (χ3v) is 4.69. The van der Waals surface area contributed by atoms with E-state index in [-0.39, 0.29) is 24.2 Å². The molecular weight excluding hydrogens is 372 g/mol. The van der Waals surface area contributed by atoms with Crippen molar-refractivity contribution in [3.63, 3.8) is 0 Å². The second kappa shape index (κ2) is 8.53. The van der Waals surface area contributed by atoms with E-state index < -0.39 is 11.9 Å². The third-order valence-electron chi connectivity index (χ3n) is 4.69. The van der Waals surface area contributed by atoms with Gasteiger partial charge in [-0.2, -0.15) is 0 Å². The molecule has 0 aliphatic carbocycles. The molecule has 0 unspecified atom stereocenters. The molecule has 0 aliphatic heterocycles. The van der Waals surface area contributed by atoms with Crippen molar-refractivity contribution in [3.8, 4) is 5.75 Å². The number of hydrogen-bond acceptors (Lipinski definition) is 5. The van der Waals surface area contributed by atoms with Gasteiger partial charge in [0.05, 0.1) is 12.7 Å². The Balaban J connectivity index is 1.94. The van der Waals surface area contributed by atoms with E-state index in [4.69, 9.17) is 10.6 Å². The number of carbonyl (C=O) groups excluding carboxylic acids is 2. The second-order valence-corrected chi connectivity index (χ2v) is 6.50. The summed E-state index contributed by atoms with van der Waals surface area (Å²) in [6, 6.07) is 15.3. The molecule has 0 saturated heterocycles. The largest absolute Gasteiger partial charge is 0.497 e. The lowest BCUT2D eigenvalue weighted by Gasteiger charge is -2.10. The van der Waals surface area contributed by atoms with Gasteiger partial charge < -0.3 is 9.84 Å². The average molecular weight is 392 g/mol. The summed E-state index contributed by atoms with van der Waals surface area (Å²) in [5.74, 6) is 4.04. The van der Waals surface area contributed by atoms with Crippen LogP contribution < -0.4 is 16.0 Å². The maximum absolute atomic E-state index is 13.0. The molecule has 0 heterocycles. The number of rotatable bonds is 7. The number of nitrogens with two attached hydrogens (primary N) is 1. The Labute approximate surface area is 167 Å². The zero-order chi connectivity index (χ0) is 21.0. The highest BCUT2D eigenvalue weighted by Gasteiger charge is 2.16. The Morgan fingerprint density at radius 1 is 0.966 bits per heavy atom. The van der Waals surface area contributed by atoms with E-state index in [9.17, 15) is 19.5 Å². The molecule has 0 atom stereocenters. The van der Waals surface area contributed by atoms with Crippen LogP contribution in [0.15, 0.2) is 54.6 Å². The van der Waals surface area contributed by atoms with Gasteiger partial charge in [0.2, 0.25) is 5.91 Å². The first kappa shape index (κ1) is 20.0. The van der Waals surface area contributed by atoms with E-state index in [2.05, 4.69) is 0 Å². The van der Waals surface area contributed by atoms with Crippen molar-refractivity contribution in [2.75, 3.05) is 7.11 Å². The van der Waals surface area contributed by atoms with Crippen LogP contribution in [0.1, 0.15) is 38.3 Å². The van der Waals surface area contributed by atoms with E-state index in [0.29, 0.717) is 16.7 Å². The first-order valence-corrected chi connectivity index (χ1v) is 8.91. The highest BCUT2D eigenvalue weighted by atomic mass is 16.5. The Morgan fingerprint density at radius 3 is 2.31 bits per heavy atom. The van der Waals surface area contributed by atoms with E-state index in [1.54, 1.807) is 19.2 Å². The topological polar surface area (TPSA) is 119 Å². The minimum absolute atomic E-state index is 0.0201. The fraction of sp³-hybridized carbons (Fsp3) is 0.136. The lowest BCUT2D eigenvalue weighted by atomic mass is 9.94. The van der Waals surface area contributed by atoms with E-state index >= 15 is 0 Å². The summed E-state index contributed by atoms with van der Waals surface area (Å²) >= 11 is 0. The normalized spacial score (nSPS) is 10.6. The summed E-state index contributed by atoms with van der Waals surface area (Å²) in [6.45, 7) is 0. The molecule has 7 heteroatoms. The molecular formula is C22H20N2O5. The van der Waals surface area contributed by atoms with E-state index in [1.165, 1.54) is 18.2 Å². The van der Waals surface area contributed by atoms with Crippen molar-refractivity contribution in [1.82, 2.24) is 5.43 Å². The first-order valence-electron chi connectivity index (χ1n) is 8.91. The lowest BCUT2D eigenvalue weighted by Crippen LogP contribution is -2.30. The van der Waals surface area contributed by atoms with Gasteiger partial charge in [0.25, 0.3) is 0 Å². The van der Waals surface area contributed by atoms with Gasteiger partial charge in [0.1, 0.15) is 5.75 Å². The Hall–Kier alpha value is -3.71. The van der Waals surface area contributed by atoms with Gasteiger partial charge in [-0.15, -0.1) is 0 Å². The molecule has 0 bridgehead atoms. The van der Waals surface area contributed by atoms with Crippen LogP contribution in [0.2, 0.25) is 0 Å². The predicted octanol–water partition coefficient (Wildman–Crippen LogP) is 2.70. The van der Waals surface area contributed by atoms with Crippen LogP contribution in [0, 0.1) is 0 Å². The molecule has 0 aromatic heterocycles. The third kappa shape index (κ3) is 4.41. The highest BCUT2D eigenvalue weighted by Crippen LogP contribution is 2.24. The van der Waals surface area contributed by atoms with Crippen LogP contribution in [0.25, 0.3) is 10.8 Å². The Bertz CT molecular complexity index is 1110. The molecule has 3 aromatic carbocycles. The lowest BCUT2D eigenvalue weighted by molar-refractivity contribution is -0.121. The number of ether oxygens (including phenoxy) is 1. The molecule has 3 aromatic rings. The summed E-state index contributed by atoms with van der Waals surface area (Å²) < 4.78 is 5.21. The summed E-state index contributed by atoms with van der Waals surface area (Å²) in [6.07, 6.45) is 0.176. The number of ketones is 1. The monoisotopic (exact) mass is 392 g/mol. The molecule has 4 N–H and O–H groups in total. The highest BCUT2D eigenvalue weighted by molar-refractivity contribution is 6.11. The Kier molecular flexibility index (Phi) is 5.90. The van der Waals surface area contributed by atoms with Crippen LogP contribution in [-0.2, 0) is 11.2 Å². The summed E-state index contributed by atoms with van der Waals surface area (Å²) in [5, 5.41) is 11.2. The van der Waals surface area contributed by atoms with Crippen molar-refractivity contribution < 1.29 is 24.2 Å². The molecule has 0 spiro atoms. The molecule has 0 fully saturated rings. The van der Waals surface area contributed by atoms with Gasteiger partial charge in [-0.05, 0) is 53.1 Å². The quantitative estimate of drug-likeness (QED) is 0.246. The summed E-state index contributed by atoms with van der Waals surface area (Å²) in [7, 11) is 1.59. The minimum atomic E-state index is -1.12. The SMILES string of the molecule is COc1ccc2cc(C(=O)c3ccc(C(=O)O)c(CCC(=O)NN)c3)ccc2c1. The van der Waals surface area contributed by atoms with Crippen molar-refractivity contribution in [3.05, 3.63) is 76.9 Å². The number of amides is 1. The van der Waals surface area contributed by atoms with Crippen LogP contribution in [-0.4, -0.2) is 29.9 Å². The summed E-state index contributed by atoms with van der Waals surface area (Å²) in [4.78, 5) is 35.9. The molecule has 29 heavy (non-hydrogen) atoms. The number of methoxy groups -OCH3 is 1. The van der Waals surface area contributed by atoms with Gasteiger partial charge in [-0.3, -0.25) is 15.0 Å². The molecule has 0 radical (unpaired) electrons. The zero-order valence-electron chi connectivity index (χ0n) is 15.8. The van der Waals surface area contributed by atoms with Gasteiger partial charge in [-0.1, -0.05) is 24.3 Å². The molecule has 0 saturated carbocycles.